The van der Waals surface area contributed by atoms with Crippen LogP contribution in [0, 0.1) is 0 Å². The van der Waals surface area contributed by atoms with Crippen molar-refractivity contribution in [2.24, 2.45) is 0 Å². The Balaban J connectivity index is 2.04. The van der Waals surface area contributed by atoms with Crippen molar-refractivity contribution in [2.75, 3.05) is 22.9 Å². The van der Waals surface area contributed by atoms with Gasteiger partial charge >= 0.3 is 6.18 Å². The summed E-state index contributed by atoms with van der Waals surface area (Å²) in [5, 5.41) is 2.56. The minimum atomic E-state index is -4.59. The summed E-state index contributed by atoms with van der Waals surface area (Å²) in [5.74, 6) is -0.792. The lowest BCUT2D eigenvalue weighted by atomic mass is 10.0. The lowest BCUT2D eigenvalue weighted by Crippen LogP contribution is -2.26. The second-order valence-corrected chi connectivity index (χ2v) is 8.87. The van der Waals surface area contributed by atoms with Crippen molar-refractivity contribution < 1.29 is 26.4 Å². The van der Waals surface area contributed by atoms with Gasteiger partial charge in [-0.3, -0.25) is 9.10 Å². The molecule has 0 unspecified atom stereocenters. The van der Waals surface area contributed by atoms with E-state index in [1.165, 1.54) is 19.2 Å². The number of halogens is 3. The van der Waals surface area contributed by atoms with E-state index in [1.54, 1.807) is 12.1 Å². The van der Waals surface area contributed by atoms with Crippen LogP contribution in [0.5, 0.6) is 0 Å². The maximum absolute atomic E-state index is 13.0. The molecule has 0 aromatic heterocycles. The highest BCUT2D eigenvalue weighted by atomic mass is 32.2. The Bertz CT molecular complexity index is 1210. The molecule has 0 atom stereocenters. The lowest BCUT2D eigenvalue weighted by Gasteiger charge is -2.21. The Morgan fingerprint density at radius 3 is 2.19 bits per heavy atom. The van der Waals surface area contributed by atoms with Crippen molar-refractivity contribution in [1.29, 1.82) is 0 Å². The van der Waals surface area contributed by atoms with E-state index in [1.807, 2.05) is 30.3 Å². The monoisotopic (exact) mass is 448 g/mol. The molecule has 0 aliphatic rings. The van der Waals surface area contributed by atoms with Crippen LogP contribution < -0.4 is 9.62 Å². The Hall–Kier alpha value is -3.33. The van der Waals surface area contributed by atoms with Crippen LogP contribution in [0.2, 0.25) is 0 Å². The number of carbonyl (C=O) groups is 1. The Labute approximate surface area is 178 Å². The zero-order valence-electron chi connectivity index (χ0n) is 16.6. The van der Waals surface area contributed by atoms with Gasteiger partial charge in [-0.2, -0.15) is 13.2 Å². The molecule has 0 fully saturated rings. The van der Waals surface area contributed by atoms with Crippen LogP contribution in [0.3, 0.4) is 0 Å². The van der Waals surface area contributed by atoms with E-state index in [0.717, 1.165) is 34.3 Å². The van der Waals surface area contributed by atoms with E-state index in [0.29, 0.717) is 5.56 Å². The highest BCUT2D eigenvalue weighted by Gasteiger charge is 2.31. The molecule has 0 bridgehead atoms. The average molecular weight is 448 g/mol. The highest BCUT2D eigenvalue weighted by molar-refractivity contribution is 7.92. The number of benzene rings is 3. The van der Waals surface area contributed by atoms with Crippen LogP contribution in [0.1, 0.15) is 15.9 Å². The van der Waals surface area contributed by atoms with E-state index in [2.05, 4.69) is 5.32 Å². The fourth-order valence-electron chi connectivity index (χ4n) is 2.93. The van der Waals surface area contributed by atoms with Gasteiger partial charge in [0.2, 0.25) is 10.0 Å². The van der Waals surface area contributed by atoms with Crippen molar-refractivity contribution in [3.05, 3.63) is 83.9 Å². The van der Waals surface area contributed by atoms with E-state index < -0.39 is 27.7 Å². The molecule has 0 aliphatic carbocycles. The average Bonchev–Trinajstić information content (AvgIpc) is 2.72. The van der Waals surface area contributed by atoms with Gasteiger partial charge in [0.25, 0.3) is 5.91 Å². The second kappa shape index (κ2) is 8.43. The zero-order chi connectivity index (χ0) is 22.8. The minimum Gasteiger partial charge on any atom is -0.320 e. The fourth-order valence-corrected chi connectivity index (χ4v) is 3.45. The Morgan fingerprint density at radius 1 is 0.903 bits per heavy atom. The van der Waals surface area contributed by atoms with Gasteiger partial charge < -0.3 is 5.32 Å². The van der Waals surface area contributed by atoms with Gasteiger partial charge in [0.05, 0.1) is 23.2 Å². The van der Waals surface area contributed by atoms with Crippen LogP contribution in [-0.4, -0.2) is 27.6 Å². The third-order valence-corrected chi connectivity index (χ3v) is 5.83. The molecule has 0 aliphatic heterocycles. The van der Waals surface area contributed by atoms with Crippen molar-refractivity contribution >= 4 is 27.3 Å². The van der Waals surface area contributed by atoms with Gasteiger partial charge in [-0.15, -0.1) is 0 Å². The second-order valence-electron chi connectivity index (χ2n) is 6.86. The molecule has 162 valence electrons. The normalized spacial score (nSPS) is 11.8. The maximum atomic E-state index is 13.0. The molecule has 0 saturated carbocycles. The van der Waals surface area contributed by atoms with Crippen LogP contribution in [0.15, 0.2) is 72.8 Å². The molecule has 5 nitrogen and oxygen atoms in total. The van der Waals surface area contributed by atoms with Gasteiger partial charge in [-0.05, 0) is 41.5 Å². The Morgan fingerprint density at radius 2 is 1.58 bits per heavy atom. The molecule has 9 heteroatoms. The van der Waals surface area contributed by atoms with E-state index in [9.17, 15) is 26.4 Å². The molecule has 3 aromatic rings. The van der Waals surface area contributed by atoms with Gasteiger partial charge in [0.15, 0.2) is 0 Å². The third-order valence-electron chi connectivity index (χ3n) is 4.64. The lowest BCUT2D eigenvalue weighted by molar-refractivity contribution is -0.137. The molecule has 3 rings (SSSR count). The molecule has 31 heavy (non-hydrogen) atoms. The summed E-state index contributed by atoms with van der Waals surface area (Å²) in [6, 6.07) is 18.0. The van der Waals surface area contributed by atoms with Gasteiger partial charge in [-0.1, -0.05) is 42.5 Å². The summed E-state index contributed by atoms with van der Waals surface area (Å²) in [4.78, 5) is 12.7. The number of nitrogens with zero attached hydrogens (tertiary/aromatic N) is 1. The van der Waals surface area contributed by atoms with E-state index >= 15 is 0 Å². The number of alkyl halides is 3. The molecule has 0 saturated heterocycles. The quantitative estimate of drug-likeness (QED) is 0.596. The van der Waals surface area contributed by atoms with Gasteiger partial charge in [-0.25, -0.2) is 8.42 Å². The number of rotatable bonds is 5. The predicted molar refractivity (Wildman–Crippen MR) is 115 cm³/mol. The van der Waals surface area contributed by atoms with Gasteiger partial charge in [0, 0.05) is 12.6 Å². The number of carbonyl (C=O) groups excluding carboxylic acids is 1. The zero-order valence-corrected chi connectivity index (χ0v) is 17.5. The Kier molecular flexibility index (Phi) is 6.08. The minimum absolute atomic E-state index is 0.150. The summed E-state index contributed by atoms with van der Waals surface area (Å²) in [7, 11) is -2.32. The summed E-state index contributed by atoms with van der Waals surface area (Å²) >= 11 is 0. The van der Waals surface area contributed by atoms with Crippen molar-refractivity contribution in [3.63, 3.8) is 0 Å². The number of nitrogens with one attached hydrogen (secondary N) is 1. The first-order valence-corrected chi connectivity index (χ1v) is 10.9. The van der Waals surface area contributed by atoms with Gasteiger partial charge in [0.1, 0.15) is 0 Å². The smallest absolute Gasteiger partial charge is 0.320 e. The molecule has 1 N–H and O–H groups in total. The molecule has 0 spiro atoms. The molecule has 1 amide bonds. The largest absolute Gasteiger partial charge is 0.416 e. The van der Waals surface area contributed by atoms with Crippen molar-refractivity contribution in [1.82, 2.24) is 0 Å². The number of hydrogen-bond acceptors (Lipinski definition) is 3. The van der Waals surface area contributed by atoms with Crippen LogP contribution in [0.4, 0.5) is 24.5 Å². The SMILES string of the molecule is CN(c1ccc(-c2ccccc2)cc1NC(=O)c1cccc(C(F)(F)F)c1)S(C)(=O)=O. The summed E-state index contributed by atoms with van der Waals surface area (Å²) in [6.45, 7) is 0. The molecule has 0 heterocycles. The van der Waals surface area contributed by atoms with Crippen LogP contribution in [0.25, 0.3) is 11.1 Å². The number of sulfonamides is 1. The van der Waals surface area contributed by atoms with E-state index in [-0.39, 0.29) is 16.9 Å². The van der Waals surface area contributed by atoms with Crippen molar-refractivity contribution in [2.45, 2.75) is 6.18 Å². The predicted octanol–water partition coefficient (Wildman–Crippen LogP) is 5.02. The van der Waals surface area contributed by atoms with Crippen molar-refractivity contribution in [3.8, 4) is 11.1 Å². The molecule has 3 aromatic carbocycles. The number of amides is 1. The first-order chi connectivity index (χ1) is 14.5. The molecular weight excluding hydrogens is 429 g/mol. The molecule has 0 radical (unpaired) electrons. The van der Waals surface area contributed by atoms with E-state index in [4.69, 9.17) is 0 Å². The maximum Gasteiger partial charge on any atom is 0.416 e. The fraction of sp³-hybridized carbons (Fsp3) is 0.136. The highest BCUT2D eigenvalue weighted by Crippen LogP contribution is 2.33. The standard InChI is InChI=1S/C22H19F3N2O3S/c1-27(31(2,29)30)20-12-11-16(15-7-4-3-5-8-15)14-19(20)26-21(28)17-9-6-10-18(13-17)22(23,24)25/h3-14H,1-2H3,(H,26,28). The third kappa shape index (κ3) is 5.24. The summed E-state index contributed by atoms with van der Waals surface area (Å²) in [6.07, 6.45) is -3.58. The number of anilines is 2. The summed E-state index contributed by atoms with van der Waals surface area (Å²) in [5.41, 5.74) is 0.704. The van der Waals surface area contributed by atoms with Crippen LogP contribution >= 0.6 is 0 Å². The summed E-state index contributed by atoms with van der Waals surface area (Å²) < 4.78 is 64.0. The number of hydrogen-bond donors (Lipinski definition) is 1. The topological polar surface area (TPSA) is 66.5 Å². The first kappa shape index (κ1) is 22.4. The molecular formula is C22H19F3N2O3S. The first-order valence-electron chi connectivity index (χ1n) is 9.09. The van der Waals surface area contributed by atoms with Crippen LogP contribution in [-0.2, 0) is 16.2 Å².